The highest BCUT2D eigenvalue weighted by atomic mass is 16.5. The van der Waals surface area contributed by atoms with Crippen LogP contribution in [0.15, 0.2) is 35.0 Å². The van der Waals surface area contributed by atoms with Crippen molar-refractivity contribution < 1.29 is 14.1 Å². The van der Waals surface area contributed by atoms with Crippen LogP contribution in [-0.4, -0.2) is 18.6 Å². The van der Waals surface area contributed by atoms with Crippen molar-refractivity contribution in [2.24, 2.45) is 0 Å². The quantitative estimate of drug-likeness (QED) is 0.717. The Kier molecular flexibility index (Phi) is 2.49. The van der Waals surface area contributed by atoms with Crippen molar-refractivity contribution in [2.75, 3.05) is 7.11 Å². The third-order valence-electron chi connectivity index (χ3n) is 2.06. The Hall–Kier alpha value is -2.10. The van der Waals surface area contributed by atoms with Crippen molar-refractivity contribution in [2.45, 2.75) is 0 Å². The average molecular weight is 203 g/mol. The van der Waals surface area contributed by atoms with Crippen LogP contribution in [0.4, 0.5) is 0 Å². The summed E-state index contributed by atoms with van der Waals surface area (Å²) in [6, 6.07) is 7.26. The molecule has 4 nitrogen and oxygen atoms in total. The summed E-state index contributed by atoms with van der Waals surface area (Å²) in [4.78, 5) is 10.7. The molecule has 0 unspecified atom stereocenters. The van der Waals surface area contributed by atoms with E-state index in [1.165, 1.54) is 6.20 Å². The van der Waals surface area contributed by atoms with Crippen LogP contribution >= 0.6 is 0 Å². The summed E-state index contributed by atoms with van der Waals surface area (Å²) in [6.07, 6.45) is 2.10. The Balaban J connectivity index is 2.48. The van der Waals surface area contributed by atoms with Crippen molar-refractivity contribution in [3.8, 4) is 17.1 Å². The van der Waals surface area contributed by atoms with Gasteiger partial charge in [0.15, 0.2) is 12.0 Å². The van der Waals surface area contributed by atoms with E-state index in [2.05, 4.69) is 5.16 Å². The van der Waals surface area contributed by atoms with Gasteiger partial charge in [-0.15, -0.1) is 0 Å². The van der Waals surface area contributed by atoms with Gasteiger partial charge in [-0.25, -0.2) is 0 Å². The third-order valence-corrected chi connectivity index (χ3v) is 2.06. The molecule has 15 heavy (non-hydrogen) atoms. The first-order chi connectivity index (χ1) is 7.35. The largest absolute Gasteiger partial charge is 0.497 e. The molecule has 76 valence electrons. The highest BCUT2D eigenvalue weighted by molar-refractivity contribution is 5.84. The number of aromatic nitrogens is 1. The summed E-state index contributed by atoms with van der Waals surface area (Å²) in [6.45, 7) is 0. The van der Waals surface area contributed by atoms with Crippen LogP contribution in [0.5, 0.6) is 5.75 Å². The molecule has 0 spiro atoms. The van der Waals surface area contributed by atoms with Gasteiger partial charge in [0.1, 0.15) is 5.75 Å². The fraction of sp³-hybridized carbons (Fsp3) is 0.0909. The lowest BCUT2D eigenvalue weighted by Crippen LogP contribution is -1.85. The highest BCUT2D eigenvalue weighted by Crippen LogP contribution is 2.25. The normalized spacial score (nSPS) is 9.93. The van der Waals surface area contributed by atoms with Gasteiger partial charge in [-0.2, -0.15) is 0 Å². The monoisotopic (exact) mass is 203 g/mol. The Morgan fingerprint density at radius 3 is 3.07 bits per heavy atom. The molecule has 1 aromatic heterocycles. The summed E-state index contributed by atoms with van der Waals surface area (Å²) < 4.78 is 10.1. The number of hydrogen-bond acceptors (Lipinski definition) is 4. The van der Waals surface area contributed by atoms with Crippen LogP contribution in [0.1, 0.15) is 10.4 Å². The molecule has 2 rings (SSSR count). The second-order valence-electron chi connectivity index (χ2n) is 2.96. The molecule has 4 heteroatoms. The molecule has 0 aliphatic rings. The maximum Gasteiger partial charge on any atom is 0.177 e. The molecule has 1 heterocycles. The third kappa shape index (κ3) is 1.74. The second-order valence-corrected chi connectivity index (χ2v) is 2.96. The predicted octanol–water partition coefficient (Wildman–Crippen LogP) is 2.16. The van der Waals surface area contributed by atoms with Crippen molar-refractivity contribution in [3.63, 3.8) is 0 Å². The van der Waals surface area contributed by atoms with E-state index in [1.54, 1.807) is 13.2 Å². The van der Waals surface area contributed by atoms with Gasteiger partial charge in [0, 0.05) is 5.56 Å². The summed E-state index contributed by atoms with van der Waals surface area (Å²) in [5.74, 6) is 1.17. The zero-order chi connectivity index (χ0) is 10.7. The van der Waals surface area contributed by atoms with Gasteiger partial charge in [0.2, 0.25) is 0 Å². The van der Waals surface area contributed by atoms with E-state index in [-0.39, 0.29) is 0 Å². The van der Waals surface area contributed by atoms with Crippen molar-refractivity contribution in [3.05, 3.63) is 36.0 Å². The number of rotatable bonds is 3. The fourth-order valence-electron chi connectivity index (χ4n) is 1.31. The lowest BCUT2D eigenvalue weighted by molar-refractivity contribution is 0.112. The van der Waals surface area contributed by atoms with Gasteiger partial charge in [-0.3, -0.25) is 4.79 Å². The second kappa shape index (κ2) is 3.96. The zero-order valence-electron chi connectivity index (χ0n) is 8.14. The number of carbonyl (C=O) groups is 1. The van der Waals surface area contributed by atoms with E-state index >= 15 is 0 Å². The molecule has 0 saturated carbocycles. The van der Waals surface area contributed by atoms with Crippen LogP contribution in [-0.2, 0) is 0 Å². The van der Waals surface area contributed by atoms with Gasteiger partial charge in [-0.1, -0.05) is 17.3 Å². The SMILES string of the molecule is COc1cccc(-c2oncc2C=O)c1. The first-order valence-electron chi connectivity index (χ1n) is 4.39. The summed E-state index contributed by atoms with van der Waals surface area (Å²) in [7, 11) is 1.58. The Morgan fingerprint density at radius 1 is 1.47 bits per heavy atom. The van der Waals surface area contributed by atoms with Crippen LogP contribution in [0.25, 0.3) is 11.3 Å². The van der Waals surface area contributed by atoms with E-state index in [0.29, 0.717) is 23.4 Å². The maximum absolute atomic E-state index is 10.7. The van der Waals surface area contributed by atoms with Crippen LogP contribution < -0.4 is 4.74 Å². The van der Waals surface area contributed by atoms with E-state index in [0.717, 1.165) is 5.56 Å². The van der Waals surface area contributed by atoms with E-state index < -0.39 is 0 Å². The lowest BCUT2D eigenvalue weighted by Gasteiger charge is -2.01. The summed E-state index contributed by atoms with van der Waals surface area (Å²) in [5.41, 5.74) is 1.21. The number of aldehydes is 1. The van der Waals surface area contributed by atoms with Crippen LogP contribution in [0.3, 0.4) is 0 Å². The Morgan fingerprint density at radius 2 is 2.33 bits per heavy atom. The molecule has 0 fully saturated rings. The predicted molar refractivity (Wildman–Crippen MR) is 53.9 cm³/mol. The number of methoxy groups -OCH3 is 1. The molecule has 0 aliphatic heterocycles. The zero-order valence-corrected chi connectivity index (χ0v) is 8.14. The lowest BCUT2D eigenvalue weighted by atomic mass is 10.1. The van der Waals surface area contributed by atoms with Crippen LogP contribution in [0.2, 0.25) is 0 Å². The minimum Gasteiger partial charge on any atom is -0.497 e. The molecule has 0 saturated heterocycles. The smallest absolute Gasteiger partial charge is 0.177 e. The van der Waals surface area contributed by atoms with Gasteiger partial charge in [-0.05, 0) is 12.1 Å². The number of benzene rings is 1. The van der Waals surface area contributed by atoms with Gasteiger partial charge >= 0.3 is 0 Å². The summed E-state index contributed by atoms with van der Waals surface area (Å²) in [5, 5.41) is 3.58. The molecule has 0 aliphatic carbocycles. The van der Waals surface area contributed by atoms with Gasteiger partial charge in [0.05, 0.1) is 18.9 Å². The standard InChI is InChI=1S/C11H9NO3/c1-14-10-4-2-3-8(5-10)11-9(7-13)6-12-15-11/h2-7H,1H3. The van der Waals surface area contributed by atoms with Crippen molar-refractivity contribution in [1.82, 2.24) is 5.16 Å². The first-order valence-corrected chi connectivity index (χ1v) is 4.39. The highest BCUT2D eigenvalue weighted by Gasteiger charge is 2.10. The first kappa shape index (κ1) is 9.45. The topological polar surface area (TPSA) is 52.3 Å². The van der Waals surface area contributed by atoms with E-state index in [9.17, 15) is 4.79 Å². The van der Waals surface area contributed by atoms with Crippen LogP contribution in [0, 0.1) is 0 Å². The molecule has 0 bridgehead atoms. The average Bonchev–Trinajstić information content (AvgIpc) is 2.77. The molecule has 0 amide bonds. The Bertz CT molecular complexity index is 476. The molecular weight excluding hydrogens is 194 g/mol. The van der Waals surface area contributed by atoms with Gasteiger partial charge < -0.3 is 9.26 Å². The fourth-order valence-corrected chi connectivity index (χ4v) is 1.31. The van der Waals surface area contributed by atoms with Crippen molar-refractivity contribution in [1.29, 1.82) is 0 Å². The number of carbonyl (C=O) groups excluding carboxylic acids is 1. The van der Waals surface area contributed by atoms with E-state index in [1.807, 2.05) is 18.2 Å². The molecule has 1 aromatic carbocycles. The minimum absolute atomic E-state index is 0.434. The molecule has 0 radical (unpaired) electrons. The number of nitrogens with zero attached hydrogens (tertiary/aromatic N) is 1. The summed E-state index contributed by atoms with van der Waals surface area (Å²) >= 11 is 0. The maximum atomic E-state index is 10.7. The molecule has 0 N–H and O–H groups in total. The minimum atomic E-state index is 0.434. The Labute approximate surface area is 86.5 Å². The van der Waals surface area contributed by atoms with Gasteiger partial charge in [0.25, 0.3) is 0 Å². The molecule has 2 aromatic rings. The van der Waals surface area contributed by atoms with Crippen molar-refractivity contribution >= 4 is 6.29 Å². The van der Waals surface area contributed by atoms with E-state index in [4.69, 9.17) is 9.26 Å². The molecular formula is C11H9NO3. The molecule has 0 atom stereocenters. The number of hydrogen-bond donors (Lipinski definition) is 0. The number of ether oxygens (including phenoxy) is 1.